The highest BCUT2D eigenvalue weighted by Gasteiger charge is 2.63. The summed E-state index contributed by atoms with van der Waals surface area (Å²) < 4.78 is 28.9. The second kappa shape index (κ2) is 12.5. The zero-order valence-electron chi connectivity index (χ0n) is 22.5. The predicted octanol–water partition coefficient (Wildman–Crippen LogP) is 5.22. The number of carbonyl (C=O) groups is 4. The molecule has 0 saturated carbocycles. The molecule has 0 aromatic heterocycles. The number of ether oxygens (including phenoxy) is 5. The Morgan fingerprint density at radius 3 is 1.31 bits per heavy atom. The summed E-state index contributed by atoms with van der Waals surface area (Å²) in [6, 6.07) is 32.3. The van der Waals surface area contributed by atoms with Crippen molar-refractivity contribution in [3.63, 3.8) is 0 Å². The van der Waals surface area contributed by atoms with Gasteiger partial charge < -0.3 is 18.9 Å². The van der Waals surface area contributed by atoms with Crippen molar-refractivity contribution in [1.29, 1.82) is 0 Å². The van der Waals surface area contributed by atoms with Crippen LogP contribution in [-0.2, 0) is 23.7 Å². The molecule has 1 saturated heterocycles. The fourth-order valence-corrected chi connectivity index (χ4v) is 4.32. The average molecular weight is 567 g/mol. The maximum atomic E-state index is 13.3. The van der Waals surface area contributed by atoms with E-state index in [0.717, 1.165) is 0 Å². The molecule has 0 N–H and O–H groups in total. The Bertz CT molecular complexity index is 1540. The summed E-state index contributed by atoms with van der Waals surface area (Å²) >= 11 is 0. The van der Waals surface area contributed by atoms with Gasteiger partial charge in [-0.1, -0.05) is 72.8 Å². The van der Waals surface area contributed by atoms with Crippen LogP contribution in [0, 0.1) is 0 Å². The summed E-state index contributed by atoms with van der Waals surface area (Å²) in [7, 11) is 0. The van der Waals surface area contributed by atoms with Crippen molar-refractivity contribution < 1.29 is 42.9 Å². The van der Waals surface area contributed by atoms with Crippen LogP contribution in [0.25, 0.3) is 0 Å². The van der Waals surface area contributed by atoms with Crippen LogP contribution in [0.1, 0.15) is 48.4 Å². The van der Waals surface area contributed by atoms with Crippen LogP contribution < -0.4 is 0 Å². The van der Waals surface area contributed by atoms with E-state index in [1.165, 1.54) is 55.5 Å². The number of hydrogen-bond acceptors (Lipinski definition) is 9. The molecule has 0 bridgehead atoms. The topological polar surface area (TPSA) is 114 Å². The Hall–Kier alpha value is -5.28. The highest BCUT2D eigenvalue weighted by molar-refractivity contribution is 5.92. The fourth-order valence-electron chi connectivity index (χ4n) is 4.32. The van der Waals surface area contributed by atoms with Crippen LogP contribution in [0.15, 0.2) is 121 Å². The molecule has 5 rings (SSSR count). The first-order chi connectivity index (χ1) is 20.3. The summed E-state index contributed by atoms with van der Waals surface area (Å²) in [4.78, 5) is 52.7. The molecule has 4 aromatic rings. The molecule has 42 heavy (non-hydrogen) atoms. The summed E-state index contributed by atoms with van der Waals surface area (Å²) in [6.45, 7) is 1.38. The Kier molecular flexibility index (Phi) is 8.40. The number of carbonyl (C=O) groups excluding carboxylic acids is 4. The predicted molar refractivity (Wildman–Crippen MR) is 148 cm³/mol. The lowest BCUT2D eigenvalue weighted by Gasteiger charge is -2.33. The van der Waals surface area contributed by atoms with Crippen LogP contribution in [0.2, 0.25) is 0 Å². The molecule has 0 radical (unpaired) electrons. The van der Waals surface area contributed by atoms with Gasteiger partial charge in [0.05, 0.1) is 22.3 Å². The minimum Gasteiger partial charge on any atom is -0.447 e. The SMILES string of the molecule is C[C@]1(OC(=O)c2ccccc2)C(OC(=O)c2ccccc2)OC(OC(=O)c2ccccc2)C1OC(=O)c1ccccc1. The molecule has 4 atom stereocenters. The molecule has 4 aromatic carbocycles. The van der Waals surface area contributed by atoms with Gasteiger partial charge in [0.2, 0.25) is 18.0 Å². The number of benzene rings is 4. The zero-order valence-corrected chi connectivity index (χ0v) is 22.5. The van der Waals surface area contributed by atoms with Gasteiger partial charge in [-0.25, -0.2) is 19.2 Å². The first-order valence-electron chi connectivity index (χ1n) is 13.1. The molecule has 0 aliphatic carbocycles. The van der Waals surface area contributed by atoms with E-state index < -0.39 is 48.2 Å². The molecule has 0 amide bonds. The van der Waals surface area contributed by atoms with Crippen LogP contribution in [0.4, 0.5) is 0 Å². The monoisotopic (exact) mass is 566 g/mol. The Morgan fingerprint density at radius 1 is 0.524 bits per heavy atom. The minimum atomic E-state index is -1.95. The largest absolute Gasteiger partial charge is 0.447 e. The van der Waals surface area contributed by atoms with Crippen molar-refractivity contribution in [2.45, 2.75) is 31.2 Å². The maximum Gasteiger partial charge on any atom is 0.340 e. The van der Waals surface area contributed by atoms with Crippen molar-refractivity contribution in [1.82, 2.24) is 0 Å². The van der Waals surface area contributed by atoms with Gasteiger partial charge in [0.25, 0.3) is 6.29 Å². The van der Waals surface area contributed by atoms with Crippen LogP contribution in [0.3, 0.4) is 0 Å². The standard InChI is InChI=1S/C33H26O9/c1-33(42-30(37)25-20-12-5-13-21-25)26(38-27(34)22-14-6-2-7-15-22)31(39-28(35)23-16-8-3-9-17-23)41-32(33)40-29(36)24-18-10-4-11-19-24/h2-21,26,31-32H,1H3/t26?,31?,32?,33-/m1/s1. The van der Waals surface area contributed by atoms with E-state index in [9.17, 15) is 19.2 Å². The third-order valence-electron chi connectivity index (χ3n) is 6.56. The summed E-state index contributed by atoms with van der Waals surface area (Å²) in [6.07, 6.45) is -4.80. The highest BCUT2D eigenvalue weighted by Crippen LogP contribution is 2.39. The van der Waals surface area contributed by atoms with Gasteiger partial charge in [0.15, 0.2) is 0 Å². The third kappa shape index (κ3) is 6.21. The molecule has 1 heterocycles. The van der Waals surface area contributed by atoms with Crippen molar-refractivity contribution in [2.75, 3.05) is 0 Å². The Balaban J connectivity index is 1.52. The minimum absolute atomic E-state index is 0.185. The van der Waals surface area contributed by atoms with Crippen molar-refractivity contribution in [3.05, 3.63) is 144 Å². The number of hydrogen-bond donors (Lipinski definition) is 0. The number of rotatable bonds is 8. The Morgan fingerprint density at radius 2 is 0.881 bits per heavy atom. The van der Waals surface area contributed by atoms with Crippen LogP contribution in [-0.4, -0.2) is 48.2 Å². The first kappa shape index (κ1) is 28.3. The molecule has 9 nitrogen and oxygen atoms in total. The van der Waals surface area contributed by atoms with E-state index in [-0.39, 0.29) is 22.3 Å². The van der Waals surface area contributed by atoms with Crippen molar-refractivity contribution in [3.8, 4) is 0 Å². The van der Waals surface area contributed by atoms with E-state index in [0.29, 0.717) is 0 Å². The lowest BCUT2D eigenvalue weighted by atomic mass is 9.99. The number of esters is 4. The average Bonchev–Trinajstić information content (AvgIpc) is 3.27. The summed E-state index contributed by atoms with van der Waals surface area (Å²) in [5.74, 6) is -3.21. The summed E-state index contributed by atoms with van der Waals surface area (Å²) in [5.41, 5.74) is -1.19. The van der Waals surface area contributed by atoms with Gasteiger partial charge in [-0.2, -0.15) is 0 Å². The highest BCUT2D eigenvalue weighted by atomic mass is 16.8. The van der Waals surface area contributed by atoms with Crippen LogP contribution >= 0.6 is 0 Å². The van der Waals surface area contributed by atoms with Gasteiger partial charge in [0, 0.05) is 0 Å². The lowest BCUT2D eigenvalue weighted by molar-refractivity contribution is -0.197. The molecule has 1 aliphatic heterocycles. The molecule has 212 valence electrons. The molecular weight excluding hydrogens is 540 g/mol. The second-order valence-electron chi connectivity index (χ2n) is 9.51. The van der Waals surface area contributed by atoms with E-state index in [1.54, 1.807) is 72.8 Å². The zero-order chi connectivity index (χ0) is 29.5. The second-order valence-corrected chi connectivity index (χ2v) is 9.51. The van der Waals surface area contributed by atoms with E-state index in [1.807, 2.05) is 0 Å². The van der Waals surface area contributed by atoms with E-state index in [4.69, 9.17) is 23.7 Å². The smallest absolute Gasteiger partial charge is 0.340 e. The lowest BCUT2D eigenvalue weighted by Crippen LogP contribution is -2.52. The van der Waals surface area contributed by atoms with Crippen molar-refractivity contribution >= 4 is 23.9 Å². The van der Waals surface area contributed by atoms with Gasteiger partial charge >= 0.3 is 23.9 Å². The Labute approximate surface area is 241 Å². The molecule has 9 heteroatoms. The van der Waals surface area contributed by atoms with E-state index >= 15 is 0 Å². The molecule has 1 fully saturated rings. The third-order valence-corrected chi connectivity index (χ3v) is 6.56. The van der Waals surface area contributed by atoms with Gasteiger partial charge in [-0.15, -0.1) is 0 Å². The van der Waals surface area contributed by atoms with Gasteiger partial charge in [0.1, 0.15) is 0 Å². The molecule has 1 aliphatic rings. The maximum absolute atomic E-state index is 13.3. The van der Waals surface area contributed by atoms with Gasteiger partial charge in [-0.05, 0) is 55.5 Å². The van der Waals surface area contributed by atoms with E-state index in [2.05, 4.69) is 0 Å². The summed E-state index contributed by atoms with van der Waals surface area (Å²) in [5, 5.41) is 0. The quantitative estimate of drug-likeness (QED) is 0.209. The van der Waals surface area contributed by atoms with Crippen molar-refractivity contribution in [2.24, 2.45) is 0 Å². The molecular formula is C33H26O9. The normalized spacial score (nSPS) is 21.1. The van der Waals surface area contributed by atoms with Gasteiger partial charge in [-0.3, -0.25) is 4.74 Å². The molecule has 0 spiro atoms. The van der Waals surface area contributed by atoms with Crippen LogP contribution in [0.5, 0.6) is 0 Å². The molecule has 3 unspecified atom stereocenters. The first-order valence-corrected chi connectivity index (χ1v) is 13.1. The fraction of sp³-hybridized carbons (Fsp3) is 0.152.